The molecule has 1 heterocycles. The first kappa shape index (κ1) is 7.59. The molecule has 0 amide bonds. The van der Waals surface area contributed by atoms with Crippen LogP contribution in [0.25, 0.3) is 0 Å². The van der Waals surface area contributed by atoms with Gasteiger partial charge in [-0.05, 0) is 24.0 Å². The third kappa shape index (κ3) is 1.29. The van der Waals surface area contributed by atoms with Crippen LogP contribution in [0.15, 0.2) is 18.2 Å². The molecule has 1 aromatic rings. The summed E-state index contributed by atoms with van der Waals surface area (Å²) >= 11 is 0. The van der Waals surface area contributed by atoms with Crippen LogP contribution in [-0.4, -0.2) is 6.61 Å². The van der Waals surface area contributed by atoms with Gasteiger partial charge in [-0.15, -0.1) is 0 Å². The van der Waals surface area contributed by atoms with E-state index < -0.39 is 0 Å². The minimum absolute atomic E-state index is 0.219. The molecule has 0 saturated carbocycles. The summed E-state index contributed by atoms with van der Waals surface area (Å²) in [5, 5.41) is 0. The maximum absolute atomic E-state index is 12.7. The van der Waals surface area contributed by atoms with Gasteiger partial charge in [-0.3, -0.25) is 0 Å². The van der Waals surface area contributed by atoms with Gasteiger partial charge in [0.25, 0.3) is 0 Å². The number of hydrogen-bond acceptors (Lipinski definition) is 1. The fraction of sp³-hybridized carbons (Fsp3) is 0.400. The van der Waals surface area contributed by atoms with Crippen molar-refractivity contribution in [3.05, 3.63) is 29.6 Å². The summed E-state index contributed by atoms with van der Waals surface area (Å²) in [6, 6.07) is 4.75. The molecule has 1 aliphatic heterocycles. The van der Waals surface area contributed by atoms with E-state index >= 15 is 0 Å². The van der Waals surface area contributed by atoms with Gasteiger partial charge in [-0.1, -0.05) is 13.0 Å². The fourth-order valence-electron chi connectivity index (χ4n) is 1.50. The highest BCUT2D eigenvalue weighted by molar-refractivity contribution is 5.35. The molecule has 0 saturated heterocycles. The summed E-state index contributed by atoms with van der Waals surface area (Å²) in [5.41, 5.74) is 1.12. The number of benzene rings is 1. The summed E-state index contributed by atoms with van der Waals surface area (Å²) in [6.45, 7) is 2.84. The van der Waals surface area contributed by atoms with Crippen LogP contribution in [0.4, 0.5) is 4.39 Å². The molecule has 1 nitrogen and oxygen atoms in total. The van der Waals surface area contributed by atoms with Crippen LogP contribution in [-0.2, 0) is 6.42 Å². The summed E-state index contributed by atoms with van der Waals surface area (Å²) in [6.07, 6.45) is 0.996. The lowest BCUT2D eigenvalue weighted by atomic mass is 9.99. The largest absolute Gasteiger partial charge is 0.493 e. The van der Waals surface area contributed by atoms with Crippen LogP contribution in [0, 0.1) is 11.7 Å². The van der Waals surface area contributed by atoms with Crippen molar-refractivity contribution in [2.75, 3.05) is 6.61 Å². The third-order valence-electron chi connectivity index (χ3n) is 2.12. The lowest BCUT2D eigenvalue weighted by molar-refractivity contribution is 0.233. The van der Waals surface area contributed by atoms with Gasteiger partial charge in [-0.25, -0.2) is 4.39 Å². The molecule has 12 heavy (non-hydrogen) atoms. The first-order chi connectivity index (χ1) is 5.75. The van der Waals surface area contributed by atoms with E-state index in [1.54, 1.807) is 6.07 Å². The molecule has 2 heteroatoms. The summed E-state index contributed by atoms with van der Waals surface area (Å²) in [5.74, 6) is 1.04. The SMILES string of the molecule is C[C@H]1COc2cc(F)ccc2C1. The second kappa shape index (κ2) is 2.77. The van der Waals surface area contributed by atoms with Crippen molar-refractivity contribution < 1.29 is 9.13 Å². The van der Waals surface area contributed by atoms with Crippen molar-refractivity contribution in [1.82, 2.24) is 0 Å². The molecular weight excluding hydrogens is 155 g/mol. The molecule has 2 rings (SSSR count). The van der Waals surface area contributed by atoms with Gasteiger partial charge in [0.2, 0.25) is 0 Å². The molecule has 0 N–H and O–H groups in total. The molecule has 0 fully saturated rings. The number of halogens is 1. The van der Waals surface area contributed by atoms with Gasteiger partial charge in [0.15, 0.2) is 0 Å². The standard InChI is InChI=1S/C10H11FO/c1-7-4-8-2-3-9(11)5-10(8)12-6-7/h2-3,5,7H,4,6H2,1H3/t7-/m1/s1. The maximum atomic E-state index is 12.7. The van der Waals surface area contributed by atoms with E-state index in [2.05, 4.69) is 6.92 Å². The first-order valence-electron chi connectivity index (χ1n) is 4.17. The monoisotopic (exact) mass is 166 g/mol. The van der Waals surface area contributed by atoms with Crippen molar-refractivity contribution in [2.24, 2.45) is 5.92 Å². The topological polar surface area (TPSA) is 9.23 Å². The van der Waals surface area contributed by atoms with Crippen molar-refractivity contribution in [2.45, 2.75) is 13.3 Å². The Morgan fingerprint density at radius 2 is 2.33 bits per heavy atom. The molecule has 0 radical (unpaired) electrons. The second-order valence-electron chi connectivity index (χ2n) is 3.37. The van der Waals surface area contributed by atoms with E-state index in [0.29, 0.717) is 18.3 Å². The van der Waals surface area contributed by atoms with Crippen LogP contribution in [0.1, 0.15) is 12.5 Å². The Balaban J connectivity index is 2.37. The fourth-order valence-corrected chi connectivity index (χ4v) is 1.50. The number of ether oxygens (including phenoxy) is 1. The first-order valence-corrected chi connectivity index (χ1v) is 4.17. The van der Waals surface area contributed by atoms with Gasteiger partial charge in [0.1, 0.15) is 11.6 Å². The quantitative estimate of drug-likeness (QED) is 0.575. The van der Waals surface area contributed by atoms with Gasteiger partial charge in [0.05, 0.1) is 6.61 Å². The Morgan fingerprint density at radius 1 is 1.50 bits per heavy atom. The normalized spacial score (nSPS) is 21.3. The Morgan fingerprint density at radius 3 is 3.17 bits per heavy atom. The van der Waals surface area contributed by atoms with E-state index in [0.717, 1.165) is 12.0 Å². The van der Waals surface area contributed by atoms with Gasteiger partial charge in [0, 0.05) is 6.07 Å². The van der Waals surface area contributed by atoms with E-state index in [-0.39, 0.29) is 5.82 Å². The smallest absolute Gasteiger partial charge is 0.126 e. The molecular formula is C10H11FO. The van der Waals surface area contributed by atoms with Crippen molar-refractivity contribution in [3.8, 4) is 5.75 Å². The highest BCUT2D eigenvalue weighted by Crippen LogP contribution is 2.27. The average molecular weight is 166 g/mol. The zero-order valence-corrected chi connectivity index (χ0v) is 7.01. The Labute approximate surface area is 71.2 Å². The predicted octanol–water partition coefficient (Wildman–Crippen LogP) is 2.40. The third-order valence-corrected chi connectivity index (χ3v) is 2.12. The molecule has 64 valence electrons. The molecule has 0 aliphatic carbocycles. The van der Waals surface area contributed by atoms with Crippen LogP contribution < -0.4 is 4.74 Å². The molecule has 0 aromatic heterocycles. The lowest BCUT2D eigenvalue weighted by Gasteiger charge is -2.22. The van der Waals surface area contributed by atoms with E-state index in [1.165, 1.54) is 12.1 Å². The molecule has 0 unspecified atom stereocenters. The minimum atomic E-state index is -0.219. The lowest BCUT2D eigenvalue weighted by Crippen LogP contribution is -2.17. The maximum Gasteiger partial charge on any atom is 0.126 e. The molecule has 1 aliphatic rings. The number of rotatable bonds is 0. The van der Waals surface area contributed by atoms with E-state index in [1.807, 2.05) is 0 Å². The molecule has 1 atom stereocenters. The van der Waals surface area contributed by atoms with Crippen molar-refractivity contribution in [1.29, 1.82) is 0 Å². The van der Waals surface area contributed by atoms with Gasteiger partial charge >= 0.3 is 0 Å². The summed E-state index contributed by atoms with van der Waals surface area (Å²) < 4.78 is 18.1. The second-order valence-corrected chi connectivity index (χ2v) is 3.37. The number of fused-ring (bicyclic) bond motifs is 1. The predicted molar refractivity (Wildman–Crippen MR) is 44.8 cm³/mol. The highest BCUT2D eigenvalue weighted by Gasteiger charge is 2.15. The Hall–Kier alpha value is -1.05. The molecule has 0 bridgehead atoms. The molecule has 0 spiro atoms. The summed E-state index contributed by atoms with van der Waals surface area (Å²) in [7, 11) is 0. The van der Waals surface area contributed by atoms with Gasteiger partial charge < -0.3 is 4.74 Å². The van der Waals surface area contributed by atoms with Gasteiger partial charge in [-0.2, -0.15) is 0 Å². The average Bonchev–Trinajstić information content (AvgIpc) is 2.05. The van der Waals surface area contributed by atoms with Crippen molar-refractivity contribution >= 4 is 0 Å². The van der Waals surface area contributed by atoms with Crippen LogP contribution in [0.2, 0.25) is 0 Å². The Kier molecular flexibility index (Phi) is 1.75. The zero-order chi connectivity index (χ0) is 8.55. The van der Waals surface area contributed by atoms with E-state index in [4.69, 9.17) is 4.74 Å². The zero-order valence-electron chi connectivity index (χ0n) is 7.01. The van der Waals surface area contributed by atoms with E-state index in [9.17, 15) is 4.39 Å². The van der Waals surface area contributed by atoms with Crippen LogP contribution in [0.5, 0.6) is 5.75 Å². The Bertz CT molecular complexity index is 296. The number of hydrogen-bond donors (Lipinski definition) is 0. The van der Waals surface area contributed by atoms with Crippen LogP contribution in [0.3, 0.4) is 0 Å². The van der Waals surface area contributed by atoms with Crippen molar-refractivity contribution in [3.63, 3.8) is 0 Å². The summed E-state index contributed by atoms with van der Waals surface area (Å²) in [4.78, 5) is 0. The molecule has 1 aromatic carbocycles. The minimum Gasteiger partial charge on any atom is -0.493 e. The van der Waals surface area contributed by atoms with Crippen LogP contribution >= 0.6 is 0 Å². The highest BCUT2D eigenvalue weighted by atomic mass is 19.1.